The molecule has 0 aliphatic carbocycles. The first-order valence-electron chi connectivity index (χ1n) is 12.2. The Morgan fingerprint density at radius 3 is 2.33 bits per heavy atom. The fraction of sp³-hybridized carbons (Fsp3) is 0.393. The second kappa shape index (κ2) is 11.2. The summed E-state index contributed by atoms with van der Waals surface area (Å²) in [5, 5.41) is 3.05. The van der Waals surface area contributed by atoms with Crippen molar-refractivity contribution in [2.75, 3.05) is 25.5 Å². The molecule has 3 aromatic rings. The van der Waals surface area contributed by atoms with E-state index >= 15 is 0 Å². The lowest BCUT2D eigenvalue weighted by molar-refractivity contribution is -0.138. The third kappa shape index (κ3) is 6.69. The van der Waals surface area contributed by atoms with Crippen LogP contribution in [0, 0.1) is 0 Å². The van der Waals surface area contributed by atoms with Crippen LogP contribution in [0.15, 0.2) is 54.7 Å². The van der Waals surface area contributed by atoms with Crippen LogP contribution in [0.1, 0.15) is 53.6 Å². The summed E-state index contributed by atoms with van der Waals surface area (Å²) in [7, 11) is 2.13. The number of Topliss-reactive ketones (excluding diaryl/α,β-unsaturated/α-hetero) is 1. The van der Waals surface area contributed by atoms with Crippen molar-refractivity contribution in [3.63, 3.8) is 0 Å². The summed E-state index contributed by atoms with van der Waals surface area (Å²) < 4.78 is 41.0. The molecule has 0 saturated carbocycles. The lowest BCUT2D eigenvalue weighted by Gasteiger charge is -2.29. The number of aryl methyl sites for hydroxylation is 2. The molecule has 2 aromatic carbocycles. The number of piperidine rings is 1. The van der Waals surface area contributed by atoms with Gasteiger partial charge in [-0.1, -0.05) is 36.4 Å². The van der Waals surface area contributed by atoms with Crippen molar-refractivity contribution in [3.8, 4) is 0 Å². The van der Waals surface area contributed by atoms with E-state index in [1.54, 1.807) is 0 Å². The number of benzene rings is 2. The van der Waals surface area contributed by atoms with Crippen molar-refractivity contribution >= 4 is 17.4 Å². The van der Waals surface area contributed by atoms with E-state index in [4.69, 9.17) is 0 Å². The van der Waals surface area contributed by atoms with E-state index in [2.05, 4.69) is 39.4 Å². The Kier molecular flexibility index (Phi) is 8.04. The van der Waals surface area contributed by atoms with E-state index in [-0.39, 0.29) is 30.3 Å². The van der Waals surface area contributed by atoms with Crippen molar-refractivity contribution in [2.24, 2.45) is 0 Å². The minimum atomic E-state index is -4.55. The van der Waals surface area contributed by atoms with E-state index < -0.39 is 11.7 Å². The van der Waals surface area contributed by atoms with Crippen LogP contribution < -0.4 is 5.32 Å². The van der Waals surface area contributed by atoms with E-state index in [0.717, 1.165) is 48.9 Å². The molecule has 1 N–H and O–H groups in total. The maximum atomic E-state index is 13.7. The molecule has 1 aliphatic rings. The van der Waals surface area contributed by atoms with Crippen LogP contribution in [0.5, 0.6) is 0 Å². The first-order chi connectivity index (χ1) is 17.2. The lowest BCUT2D eigenvalue weighted by Crippen LogP contribution is -2.29. The zero-order valence-corrected chi connectivity index (χ0v) is 20.6. The average molecular weight is 497 g/mol. The van der Waals surface area contributed by atoms with Gasteiger partial charge in [-0.2, -0.15) is 13.2 Å². The Balaban J connectivity index is 1.50. The second-order valence-electron chi connectivity index (χ2n) is 9.52. The number of anilines is 2. The van der Waals surface area contributed by atoms with Crippen LogP contribution in [0.3, 0.4) is 0 Å². The normalized spacial score (nSPS) is 15.1. The minimum Gasteiger partial charge on any atom is -0.324 e. The largest absolute Gasteiger partial charge is 0.419 e. The first-order valence-corrected chi connectivity index (χ1v) is 12.2. The Bertz CT molecular complexity index is 1190. The Hall–Kier alpha value is -3.26. The highest BCUT2D eigenvalue weighted by Crippen LogP contribution is 2.33. The fourth-order valence-electron chi connectivity index (χ4n) is 4.71. The lowest BCUT2D eigenvalue weighted by atomic mass is 9.89. The Labute approximate surface area is 209 Å². The number of carbonyl (C=O) groups is 1. The summed E-state index contributed by atoms with van der Waals surface area (Å²) in [4.78, 5) is 22.1. The average Bonchev–Trinajstić information content (AvgIpc) is 2.84. The molecule has 2 heterocycles. The molecule has 5 nitrogen and oxygen atoms in total. The number of carbonyl (C=O) groups excluding carboxylic acids is 1. The summed E-state index contributed by atoms with van der Waals surface area (Å²) in [6.45, 7) is 3.65. The SMILES string of the molecule is CC(=O)Cc1ccccc1CCc1nc(Nc2ccc(C3CCN(C)CC3)cc2)ncc1C(F)(F)F. The summed E-state index contributed by atoms with van der Waals surface area (Å²) in [6, 6.07) is 15.3. The number of hydrogen-bond donors (Lipinski definition) is 1. The first kappa shape index (κ1) is 25.8. The molecule has 0 amide bonds. The molecule has 0 radical (unpaired) electrons. The van der Waals surface area contributed by atoms with Gasteiger partial charge >= 0.3 is 6.18 Å². The monoisotopic (exact) mass is 496 g/mol. The molecule has 190 valence electrons. The van der Waals surface area contributed by atoms with Crippen molar-refractivity contribution in [3.05, 3.63) is 82.7 Å². The van der Waals surface area contributed by atoms with Gasteiger partial charge in [0.05, 0.1) is 11.3 Å². The number of rotatable bonds is 8. The van der Waals surface area contributed by atoms with Gasteiger partial charge in [-0.05, 0) is 87.5 Å². The highest BCUT2D eigenvalue weighted by molar-refractivity contribution is 5.78. The molecule has 8 heteroatoms. The van der Waals surface area contributed by atoms with Gasteiger partial charge in [0.15, 0.2) is 0 Å². The molecule has 0 unspecified atom stereocenters. The maximum Gasteiger partial charge on any atom is 0.419 e. The molecular weight excluding hydrogens is 465 g/mol. The van der Waals surface area contributed by atoms with E-state index in [0.29, 0.717) is 12.3 Å². The number of alkyl halides is 3. The molecule has 36 heavy (non-hydrogen) atoms. The van der Waals surface area contributed by atoms with Crippen molar-refractivity contribution < 1.29 is 18.0 Å². The third-order valence-electron chi connectivity index (χ3n) is 6.72. The van der Waals surface area contributed by atoms with E-state index in [9.17, 15) is 18.0 Å². The van der Waals surface area contributed by atoms with Gasteiger partial charge < -0.3 is 10.2 Å². The zero-order valence-electron chi connectivity index (χ0n) is 20.6. The minimum absolute atomic E-state index is 0.00814. The molecule has 0 bridgehead atoms. The second-order valence-corrected chi connectivity index (χ2v) is 9.52. The van der Waals surface area contributed by atoms with Crippen molar-refractivity contribution in [1.29, 1.82) is 0 Å². The number of nitrogens with zero attached hydrogens (tertiary/aromatic N) is 3. The smallest absolute Gasteiger partial charge is 0.324 e. The predicted octanol–water partition coefficient (Wildman–Crippen LogP) is 5.96. The number of hydrogen-bond acceptors (Lipinski definition) is 5. The number of aromatic nitrogens is 2. The van der Waals surface area contributed by atoms with Crippen LogP contribution in [0.25, 0.3) is 0 Å². The van der Waals surface area contributed by atoms with E-state index in [1.807, 2.05) is 36.4 Å². The zero-order chi connectivity index (χ0) is 25.7. The standard InChI is InChI=1S/C28H31F3N4O/c1-19(36)17-23-6-4-3-5-20(23)9-12-26-25(28(29,30)31)18-32-27(34-26)33-24-10-7-21(8-11-24)22-13-15-35(2)16-14-22/h3-8,10-11,18,22H,9,12-17H2,1-2H3,(H,32,33,34). The van der Waals surface area contributed by atoms with Crippen LogP contribution in [-0.4, -0.2) is 40.8 Å². The summed E-state index contributed by atoms with van der Waals surface area (Å²) in [6.07, 6.45) is -0.799. The number of ketones is 1. The van der Waals surface area contributed by atoms with E-state index in [1.165, 1.54) is 12.5 Å². The topological polar surface area (TPSA) is 58.1 Å². The molecule has 1 aliphatic heterocycles. The van der Waals surface area contributed by atoms with Gasteiger partial charge in [0.25, 0.3) is 0 Å². The van der Waals surface area contributed by atoms with Crippen LogP contribution in [0.2, 0.25) is 0 Å². The maximum absolute atomic E-state index is 13.7. The van der Waals surface area contributed by atoms with Crippen LogP contribution in [-0.2, 0) is 30.2 Å². The Morgan fingerprint density at radius 1 is 1.03 bits per heavy atom. The molecule has 4 rings (SSSR count). The molecule has 0 spiro atoms. The fourth-order valence-corrected chi connectivity index (χ4v) is 4.71. The molecule has 1 saturated heterocycles. The molecule has 1 fully saturated rings. The summed E-state index contributed by atoms with van der Waals surface area (Å²) in [5.41, 5.74) is 2.76. The summed E-state index contributed by atoms with van der Waals surface area (Å²) >= 11 is 0. The van der Waals surface area contributed by atoms with Gasteiger partial charge in [0, 0.05) is 18.3 Å². The number of halogens is 3. The van der Waals surface area contributed by atoms with Gasteiger partial charge in [-0.25, -0.2) is 9.97 Å². The van der Waals surface area contributed by atoms with Gasteiger partial charge in [-0.3, -0.25) is 4.79 Å². The number of likely N-dealkylation sites (tertiary alicyclic amines) is 1. The Morgan fingerprint density at radius 2 is 1.69 bits per heavy atom. The third-order valence-corrected chi connectivity index (χ3v) is 6.72. The van der Waals surface area contributed by atoms with Gasteiger partial charge in [0.2, 0.25) is 5.95 Å². The highest BCUT2D eigenvalue weighted by Gasteiger charge is 2.35. The van der Waals surface area contributed by atoms with Crippen molar-refractivity contribution in [1.82, 2.24) is 14.9 Å². The van der Waals surface area contributed by atoms with Crippen LogP contribution in [0.4, 0.5) is 24.8 Å². The van der Waals surface area contributed by atoms with Gasteiger partial charge in [-0.15, -0.1) is 0 Å². The molecular formula is C28H31F3N4O. The van der Waals surface area contributed by atoms with Crippen LogP contribution >= 0.6 is 0 Å². The molecule has 0 atom stereocenters. The van der Waals surface area contributed by atoms with Gasteiger partial charge in [0.1, 0.15) is 5.78 Å². The van der Waals surface area contributed by atoms with Crippen molar-refractivity contribution in [2.45, 2.75) is 51.1 Å². The molecule has 1 aromatic heterocycles. The predicted molar refractivity (Wildman–Crippen MR) is 134 cm³/mol. The highest BCUT2D eigenvalue weighted by atomic mass is 19.4. The summed E-state index contributed by atoms with van der Waals surface area (Å²) in [5.74, 6) is 0.658. The quantitative estimate of drug-likeness (QED) is 0.417. The number of nitrogens with one attached hydrogen (secondary N) is 1.